The summed E-state index contributed by atoms with van der Waals surface area (Å²) >= 11 is 5.93. The van der Waals surface area contributed by atoms with Crippen LogP contribution in [0.15, 0.2) is 41.3 Å². The molecule has 9 heteroatoms. The molecule has 1 heterocycles. The molecule has 0 fully saturated rings. The number of ether oxygens (including phenoxy) is 2. The third-order valence-corrected chi connectivity index (χ3v) is 4.86. The Labute approximate surface area is 157 Å². The van der Waals surface area contributed by atoms with Crippen LogP contribution in [0.3, 0.4) is 0 Å². The Morgan fingerprint density at radius 2 is 2.04 bits per heavy atom. The summed E-state index contributed by atoms with van der Waals surface area (Å²) < 4.78 is 37.9. The number of rotatable bonds is 7. The molecular weight excluding hydrogens is 380 g/mol. The molecule has 1 atom stereocenters. The highest BCUT2D eigenvalue weighted by molar-refractivity contribution is 7.90. The fraction of sp³-hybridized carbons (Fsp3) is 0.294. The topological polar surface area (TPSA) is 94.6 Å². The van der Waals surface area contributed by atoms with Crippen molar-refractivity contribution in [2.75, 3.05) is 13.7 Å². The second kappa shape index (κ2) is 8.48. The molecule has 0 radical (unpaired) electrons. The Balaban J connectivity index is 2.32. The van der Waals surface area contributed by atoms with E-state index in [4.69, 9.17) is 21.1 Å². The first-order chi connectivity index (χ1) is 12.2. The van der Waals surface area contributed by atoms with Crippen LogP contribution < -0.4 is 9.46 Å². The van der Waals surface area contributed by atoms with Gasteiger partial charge < -0.3 is 9.47 Å². The number of sulfonamides is 1. The minimum Gasteiger partial charge on any atom is -0.487 e. The molecule has 7 nitrogen and oxygen atoms in total. The highest BCUT2D eigenvalue weighted by atomic mass is 35.5. The summed E-state index contributed by atoms with van der Waals surface area (Å²) in [6.07, 6.45) is -0.399. The van der Waals surface area contributed by atoms with Crippen LogP contribution in [-0.4, -0.2) is 39.1 Å². The Morgan fingerprint density at radius 3 is 2.69 bits per heavy atom. The van der Waals surface area contributed by atoms with E-state index in [1.807, 2.05) is 4.72 Å². The number of hydrogen-bond acceptors (Lipinski definition) is 6. The molecule has 1 aromatic carbocycles. The van der Waals surface area contributed by atoms with Gasteiger partial charge in [0.05, 0.1) is 6.61 Å². The number of methoxy groups -OCH3 is 1. The van der Waals surface area contributed by atoms with Crippen LogP contribution in [0.1, 0.15) is 23.1 Å². The lowest BCUT2D eigenvalue weighted by atomic mass is 10.3. The average molecular weight is 399 g/mol. The van der Waals surface area contributed by atoms with Crippen LogP contribution in [0.25, 0.3) is 0 Å². The fourth-order valence-corrected chi connectivity index (χ4v) is 3.53. The van der Waals surface area contributed by atoms with Crippen LogP contribution >= 0.6 is 11.6 Å². The van der Waals surface area contributed by atoms with Crippen LogP contribution in [0, 0.1) is 6.92 Å². The first kappa shape index (κ1) is 20.2. The summed E-state index contributed by atoms with van der Waals surface area (Å²) in [5.41, 5.74) is 0.584. The summed E-state index contributed by atoms with van der Waals surface area (Å²) in [7, 11) is -2.72. The molecule has 0 spiro atoms. The molecule has 1 amide bonds. The molecule has 0 saturated carbocycles. The van der Waals surface area contributed by atoms with E-state index in [2.05, 4.69) is 4.98 Å². The van der Waals surface area contributed by atoms with E-state index in [9.17, 15) is 13.2 Å². The van der Waals surface area contributed by atoms with Crippen LogP contribution in [0.2, 0.25) is 5.02 Å². The fourth-order valence-electron chi connectivity index (χ4n) is 2.17. The molecule has 2 rings (SSSR count). The number of hydrogen-bond donors (Lipinski definition) is 1. The van der Waals surface area contributed by atoms with Gasteiger partial charge in [-0.2, -0.15) is 0 Å². The maximum absolute atomic E-state index is 12.7. The quantitative estimate of drug-likeness (QED) is 0.770. The lowest BCUT2D eigenvalue weighted by Gasteiger charge is -2.17. The maximum atomic E-state index is 12.7. The van der Waals surface area contributed by atoms with Gasteiger partial charge >= 0.3 is 0 Å². The zero-order valence-corrected chi connectivity index (χ0v) is 16.1. The van der Waals surface area contributed by atoms with Crippen molar-refractivity contribution in [1.29, 1.82) is 0 Å². The number of pyridine rings is 1. The number of carbonyl (C=O) groups excluding carboxylic acids is 1. The van der Waals surface area contributed by atoms with E-state index in [1.165, 1.54) is 31.4 Å². The second-order valence-corrected chi connectivity index (χ2v) is 7.66. The first-order valence-corrected chi connectivity index (χ1v) is 9.55. The van der Waals surface area contributed by atoms with Crippen molar-refractivity contribution in [1.82, 2.24) is 9.71 Å². The van der Waals surface area contributed by atoms with Crippen molar-refractivity contribution in [3.05, 3.63) is 52.8 Å². The highest BCUT2D eigenvalue weighted by Gasteiger charge is 2.25. The van der Waals surface area contributed by atoms with Crippen molar-refractivity contribution in [2.45, 2.75) is 24.8 Å². The number of halogens is 1. The van der Waals surface area contributed by atoms with Gasteiger partial charge in [-0.3, -0.25) is 4.79 Å². The predicted molar refractivity (Wildman–Crippen MR) is 97.0 cm³/mol. The van der Waals surface area contributed by atoms with Crippen LogP contribution in [-0.2, 0) is 14.8 Å². The van der Waals surface area contributed by atoms with Crippen molar-refractivity contribution in [3.8, 4) is 5.75 Å². The smallest absolute Gasteiger partial charge is 0.283 e. The molecular formula is C17H19ClN2O5S. The third kappa shape index (κ3) is 5.17. The number of carbonyl (C=O) groups is 1. The van der Waals surface area contributed by atoms with Crippen molar-refractivity contribution in [2.24, 2.45) is 0 Å². The normalized spacial score (nSPS) is 12.5. The van der Waals surface area contributed by atoms with Gasteiger partial charge in [0.1, 0.15) is 22.4 Å². The molecule has 1 N–H and O–H groups in total. The number of amides is 1. The van der Waals surface area contributed by atoms with E-state index < -0.39 is 22.0 Å². The monoisotopic (exact) mass is 398 g/mol. The summed E-state index contributed by atoms with van der Waals surface area (Å²) in [5, 5.41) is 0.193. The lowest BCUT2D eigenvalue weighted by molar-refractivity contribution is 0.0900. The maximum Gasteiger partial charge on any atom is 0.283 e. The van der Waals surface area contributed by atoms with E-state index in [0.29, 0.717) is 5.69 Å². The van der Waals surface area contributed by atoms with Gasteiger partial charge in [0, 0.05) is 17.8 Å². The van der Waals surface area contributed by atoms with Gasteiger partial charge in [-0.05, 0) is 44.2 Å². The summed E-state index contributed by atoms with van der Waals surface area (Å²) in [4.78, 5) is 16.0. The van der Waals surface area contributed by atoms with Gasteiger partial charge in [-0.15, -0.1) is 0 Å². The molecule has 0 aliphatic carbocycles. The molecule has 0 saturated heterocycles. The lowest BCUT2D eigenvalue weighted by Crippen LogP contribution is -2.32. The molecule has 26 heavy (non-hydrogen) atoms. The summed E-state index contributed by atoms with van der Waals surface area (Å²) in [6, 6.07) is 8.89. The number of aryl methyl sites for hydroxylation is 1. The Hall–Kier alpha value is -2.16. The molecule has 0 bridgehead atoms. The van der Waals surface area contributed by atoms with Crippen molar-refractivity contribution < 1.29 is 22.7 Å². The van der Waals surface area contributed by atoms with Crippen molar-refractivity contribution in [3.63, 3.8) is 0 Å². The molecule has 1 unspecified atom stereocenters. The highest BCUT2D eigenvalue weighted by Crippen LogP contribution is 2.28. The Morgan fingerprint density at radius 1 is 1.31 bits per heavy atom. The predicted octanol–water partition coefficient (Wildman–Crippen LogP) is 2.58. The molecule has 0 aliphatic heterocycles. The number of nitrogens with zero attached hydrogens (tertiary/aromatic N) is 1. The van der Waals surface area contributed by atoms with Gasteiger partial charge in [0.2, 0.25) is 0 Å². The van der Waals surface area contributed by atoms with Gasteiger partial charge in [0.25, 0.3) is 15.9 Å². The molecule has 2 aromatic rings. The van der Waals surface area contributed by atoms with E-state index in [0.717, 1.165) is 0 Å². The average Bonchev–Trinajstić information content (AvgIpc) is 2.56. The van der Waals surface area contributed by atoms with Gasteiger partial charge in [-0.1, -0.05) is 17.7 Å². The number of benzene rings is 1. The minimum atomic E-state index is -4.22. The minimum absolute atomic E-state index is 0.00850. The Kier molecular flexibility index (Phi) is 6.57. The van der Waals surface area contributed by atoms with Crippen molar-refractivity contribution >= 4 is 27.5 Å². The van der Waals surface area contributed by atoms with Crippen LogP contribution in [0.5, 0.6) is 5.75 Å². The summed E-state index contributed by atoms with van der Waals surface area (Å²) in [5.74, 6) is -0.777. The Bertz CT molecular complexity index is 902. The third-order valence-electron chi connectivity index (χ3n) is 3.27. The summed E-state index contributed by atoms with van der Waals surface area (Å²) in [6.45, 7) is 3.69. The molecule has 1 aromatic heterocycles. The van der Waals surface area contributed by atoms with Gasteiger partial charge in [-0.25, -0.2) is 18.1 Å². The number of nitrogens with one attached hydrogen (secondary N) is 1. The largest absolute Gasteiger partial charge is 0.487 e. The second-order valence-electron chi connectivity index (χ2n) is 5.57. The van der Waals surface area contributed by atoms with Crippen LogP contribution in [0.4, 0.5) is 0 Å². The van der Waals surface area contributed by atoms with E-state index in [1.54, 1.807) is 26.0 Å². The standard InChI is InChI=1S/C17H19ClN2O5S/c1-11-5-4-6-14(19-11)17(21)20-26(22,23)16-9-13(18)7-8-15(16)25-12(2)10-24-3/h4-9,12H,10H2,1-3H3,(H,20,21). The van der Waals surface area contributed by atoms with Gasteiger partial charge in [0.15, 0.2) is 0 Å². The SMILES string of the molecule is COCC(C)Oc1ccc(Cl)cc1S(=O)(=O)NC(=O)c1cccc(C)n1. The molecule has 140 valence electrons. The first-order valence-electron chi connectivity index (χ1n) is 7.69. The zero-order chi connectivity index (χ0) is 19.3. The molecule has 0 aliphatic rings. The number of aromatic nitrogens is 1. The van der Waals surface area contributed by atoms with E-state index in [-0.39, 0.29) is 28.0 Å². The van der Waals surface area contributed by atoms with E-state index >= 15 is 0 Å². The zero-order valence-electron chi connectivity index (χ0n) is 14.5.